The van der Waals surface area contributed by atoms with E-state index in [-0.39, 0.29) is 6.03 Å². The second-order valence-corrected chi connectivity index (χ2v) is 11.3. The van der Waals surface area contributed by atoms with E-state index >= 15 is 0 Å². The predicted octanol–water partition coefficient (Wildman–Crippen LogP) is 7.90. The number of fused-ring (bicyclic) bond motifs is 1. The minimum atomic E-state index is -1.34. The number of hydrogen-bond acceptors (Lipinski definition) is 4. The van der Waals surface area contributed by atoms with Gasteiger partial charge in [0, 0.05) is 43.9 Å². The Morgan fingerprint density at radius 3 is 2.39 bits per heavy atom. The smallest absolute Gasteiger partial charge is 0.449 e. The number of amides is 2. The summed E-state index contributed by atoms with van der Waals surface area (Å²) in [6, 6.07) is 29.6. The Hall–Kier alpha value is -5.11. The number of rotatable bonds is 9. The average Bonchev–Trinajstić information content (AvgIpc) is 3.36. The van der Waals surface area contributed by atoms with Crippen molar-refractivity contribution in [1.82, 2.24) is 14.5 Å². The Morgan fingerprint density at radius 2 is 1.64 bits per heavy atom. The lowest BCUT2D eigenvalue weighted by atomic mass is 10.0. The van der Waals surface area contributed by atoms with Gasteiger partial charge in [-0.15, -0.1) is 0 Å². The number of nitrogens with zero attached hydrogens (tertiary/aromatic N) is 4. The molecule has 0 spiro atoms. The van der Waals surface area contributed by atoms with Crippen molar-refractivity contribution in [3.63, 3.8) is 0 Å². The largest absolute Gasteiger partial charge is 0.511 e. The molecule has 1 aliphatic rings. The van der Waals surface area contributed by atoms with Crippen LogP contribution < -0.4 is 9.64 Å². The van der Waals surface area contributed by atoms with Gasteiger partial charge in [0.1, 0.15) is 11.6 Å². The number of anilines is 1. The molecule has 5 aromatic rings. The molecule has 2 amide bonds. The summed E-state index contributed by atoms with van der Waals surface area (Å²) in [6.45, 7) is 6.86. The molecule has 0 saturated carbocycles. The second-order valence-electron chi connectivity index (χ2n) is 11.3. The van der Waals surface area contributed by atoms with Crippen LogP contribution in [0.2, 0.25) is 0 Å². The lowest BCUT2D eigenvalue weighted by molar-refractivity contribution is 0.144. The molecule has 6 rings (SSSR count). The van der Waals surface area contributed by atoms with Gasteiger partial charge in [-0.3, -0.25) is 4.90 Å². The van der Waals surface area contributed by atoms with E-state index in [0.717, 1.165) is 70.6 Å². The normalized spacial score (nSPS) is 13.5. The van der Waals surface area contributed by atoms with E-state index in [1.807, 2.05) is 52.3 Å². The fourth-order valence-electron chi connectivity index (χ4n) is 6.00. The lowest BCUT2D eigenvalue weighted by Gasteiger charge is -2.36. The van der Waals surface area contributed by atoms with Gasteiger partial charge in [0.15, 0.2) is 0 Å². The molecule has 224 valence electrons. The van der Waals surface area contributed by atoms with Crippen LogP contribution in [0.25, 0.3) is 22.2 Å². The van der Waals surface area contributed by atoms with Crippen LogP contribution in [0, 0.1) is 6.92 Å². The van der Waals surface area contributed by atoms with Crippen LogP contribution in [0.5, 0.6) is 5.75 Å². The molecule has 2 heterocycles. The summed E-state index contributed by atoms with van der Waals surface area (Å²) in [7, 11) is 0. The van der Waals surface area contributed by atoms with Gasteiger partial charge in [0.25, 0.3) is 0 Å². The van der Waals surface area contributed by atoms with Crippen molar-refractivity contribution in [2.24, 2.45) is 0 Å². The summed E-state index contributed by atoms with van der Waals surface area (Å²) in [4.78, 5) is 33.7. The molecular weight excluding hydrogens is 552 g/mol. The number of aryl methyl sites for hydroxylation is 2. The Labute approximate surface area is 257 Å². The third-order valence-corrected chi connectivity index (χ3v) is 8.11. The number of para-hydroxylation sites is 1. The minimum Gasteiger partial charge on any atom is -0.449 e. The average molecular weight is 589 g/mol. The van der Waals surface area contributed by atoms with Crippen molar-refractivity contribution < 1.29 is 19.4 Å². The molecule has 1 saturated heterocycles. The minimum absolute atomic E-state index is 0.0291. The highest BCUT2D eigenvalue weighted by Gasteiger charge is 2.28. The Morgan fingerprint density at radius 1 is 0.909 bits per heavy atom. The molecule has 0 atom stereocenters. The van der Waals surface area contributed by atoms with E-state index in [2.05, 4.69) is 54.8 Å². The quantitative estimate of drug-likeness (QED) is 0.140. The first kappa shape index (κ1) is 29.0. The van der Waals surface area contributed by atoms with E-state index in [4.69, 9.17) is 14.8 Å². The van der Waals surface area contributed by atoms with Gasteiger partial charge in [0.05, 0.1) is 11.0 Å². The molecule has 44 heavy (non-hydrogen) atoms. The van der Waals surface area contributed by atoms with Crippen LogP contribution >= 0.6 is 0 Å². The van der Waals surface area contributed by atoms with Crippen molar-refractivity contribution in [1.29, 1.82) is 0 Å². The van der Waals surface area contributed by atoms with Crippen molar-refractivity contribution in [3.8, 4) is 16.9 Å². The fraction of sp³-hybridized carbons (Fsp3) is 0.250. The summed E-state index contributed by atoms with van der Waals surface area (Å²) < 4.78 is 7.26. The number of aromatic nitrogens is 2. The van der Waals surface area contributed by atoms with Crippen LogP contribution in [0.4, 0.5) is 15.3 Å². The first-order valence-electron chi connectivity index (χ1n) is 15.1. The number of carbonyl (C=O) groups excluding carboxylic acids is 1. The molecule has 1 N–H and O–H groups in total. The number of ether oxygens (including phenoxy) is 1. The zero-order valence-corrected chi connectivity index (χ0v) is 25.1. The summed E-state index contributed by atoms with van der Waals surface area (Å²) in [6.07, 6.45) is 1.38. The van der Waals surface area contributed by atoms with Crippen LogP contribution in [0.1, 0.15) is 42.3 Å². The first-order valence-corrected chi connectivity index (χ1v) is 15.1. The highest BCUT2D eigenvalue weighted by Crippen LogP contribution is 2.32. The topological polar surface area (TPSA) is 87.9 Å². The molecule has 0 bridgehead atoms. The standard InChI is InChI=1S/C36H36N4O4/c1-3-10-33-37-34-25(2)21-29(39-20-9-19-38(35(39)41)23-26-11-5-4-6-12-26)22-31(34)40(33)24-27-15-17-28(18-16-27)30-13-7-8-14-32(30)44-36(42)43/h4-8,11-18,21-22H,3,9-10,19-20,23-24H2,1-2H3,(H,42,43). The van der Waals surface area contributed by atoms with Crippen molar-refractivity contribution in [3.05, 3.63) is 114 Å². The number of carbonyl (C=O) groups is 2. The first-order chi connectivity index (χ1) is 21.4. The Bertz CT molecular complexity index is 1800. The molecule has 1 fully saturated rings. The predicted molar refractivity (Wildman–Crippen MR) is 172 cm³/mol. The third-order valence-electron chi connectivity index (χ3n) is 8.11. The number of imidazole rings is 1. The molecule has 4 aromatic carbocycles. The second kappa shape index (κ2) is 12.6. The maximum atomic E-state index is 13.7. The van der Waals surface area contributed by atoms with E-state index < -0.39 is 6.16 Å². The van der Waals surface area contributed by atoms with Crippen molar-refractivity contribution >= 4 is 28.9 Å². The molecule has 0 unspecified atom stereocenters. The maximum absolute atomic E-state index is 13.7. The summed E-state index contributed by atoms with van der Waals surface area (Å²) >= 11 is 0. The summed E-state index contributed by atoms with van der Waals surface area (Å²) in [5.41, 5.74) is 7.72. The van der Waals surface area contributed by atoms with Crippen LogP contribution in [0.15, 0.2) is 91.0 Å². The van der Waals surface area contributed by atoms with Gasteiger partial charge >= 0.3 is 12.2 Å². The van der Waals surface area contributed by atoms with Crippen molar-refractivity contribution in [2.45, 2.75) is 46.2 Å². The highest BCUT2D eigenvalue weighted by atomic mass is 16.7. The molecule has 0 aliphatic carbocycles. The van der Waals surface area contributed by atoms with Gasteiger partial charge in [-0.2, -0.15) is 0 Å². The third kappa shape index (κ3) is 6.01. The van der Waals surface area contributed by atoms with Crippen LogP contribution in [-0.2, 0) is 19.5 Å². The van der Waals surface area contributed by atoms with Crippen molar-refractivity contribution in [2.75, 3.05) is 18.0 Å². The maximum Gasteiger partial charge on any atom is 0.511 e. The number of hydrogen-bond donors (Lipinski definition) is 1. The molecule has 0 radical (unpaired) electrons. The summed E-state index contributed by atoms with van der Waals surface area (Å²) in [5.74, 6) is 1.32. The number of carboxylic acid groups (broad SMARTS) is 1. The zero-order chi connectivity index (χ0) is 30.6. The number of benzene rings is 4. The van der Waals surface area contributed by atoms with E-state index in [9.17, 15) is 9.59 Å². The van der Waals surface area contributed by atoms with E-state index in [0.29, 0.717) is 30.9 Å². The van der Waals surface area contributed by atoms with E-state index in [1.165, 1.54) is 0 Å². The van der Waals surface area contributed by atoms with Gasteiger partial charge in [-0.1, -0.05) is 79.7 Å². The molecule has 8 heteroatoms. The molecule has 8 nitrogen and oxygen atoms in total. The molecular formula is C36H36N4O4. The molecule has 1 aromatic heterocycles. The number of urea groups is 1. The molecule has 1 aliphatic heterocycles. The van der Waals surface area contributed by atoms with Gasteiger partial charge in [-0.25, -0.2) is 14.6 Å². The van der Waals surface area contributed by atoms with Gasteiger partial charge in [0.2, 0.25) is 0 Å². The SMILES string of the molecule is CCCc1nc2c(C)cc(N3CCCN(Cc4ccccc4)C3=O)cc2n1Cc1ccc(-c2ccccc2OC(=O)O)cc1. The fourth-order valence-corrected chi connectivity index (χ4v) is 6.00. The monoisotopic (exact) mass is 588 g/mol. The highest BCUT2D eigenvalue weighted by molar-refractivity contribution is 5.96. The van der Waals surface area contributed by atoms with E-state index in [1.54, 1.807) is 12.1 Å². The van der Waals surface area contributed by atoms with Crippen LogP contribution in [-0.4, -0.2) is 44.8 Å². The van der Waals surface area contributed by atoms with Gasteiger partial charge in [-0.05, 0) is 60.2 Å². The van der Waals surface area contributed by atoms with Gasteiger partial charge < -0.3 is 19.3 Å². The lowest BCUT2D eigenvalue weighted by Crippen LogP contribution is -2.49. The zero-order valence-electron chi connectivity index (χ0n) is 25.1. The Kier molecular flexibility index (Phi) is 8.32. The summed E-state index contributed by atoms with van der Waals surface area (Å²) in [5, 5.41) is 9.14. The van der Waals surface area contributed by atoms with Crippen LogP contribution in [0.3, 0.4) is 0 Å². The Balaban J connectivity index is 1.31.